The highest BCUT2D eigenvalue weighted by Gasteiger charge is 2.29. The van der Waals surface area contributed by atoms with Gasteiger partial charge in [-0.25, -0.2) is 0 Å². The lowest BCUT2D eigenvalue weighted by atomic mass is 10.0. The molecule has 1 aliphatic heterocycles. The molecule has 6 heteroatoms. The molecule has 0 bridgehead atoms. The molecule has 100 valence electrons. The van der Waals surface area contributed by atoms with Gasteiger partial charge >= 0.3 is 0 Å². The maximum Gasteiger partial charge on any atom is 0.204 e. The van der Waals surface area contributed by atoms with Crippen molar-refractivity contribution in [2.24, 2.45) is 0 Å². The fraction of sp³-hybridized carbons (Fsp3) is 0.143. The molecule has 0 radical (unpaired) electrons. The van der Waals surface area contributed by atoms with Crippen LogP contribution in [0.5, 0.6) is 5.75 Å². The van der Waals surface area contributed by atoms with Crippen molar-refractivity contribution in [3.05, 3.63) is 49.6 Å². The van der Waals surface area contributed by atoms with Gasteiger partial charge in [0, 0.05) is 17.5 Å². The first-order chi connectivity index (χ1) is 9.61. The van der Waals surface area contributed by atoms with Gasteiger partial charge in [-0.15, -0.1) is 11.3 Å². The van der Waals surface area contributed by atoms with Gasteiger partial charge in [0.1, 0.15) is 16.8 Å². The van der Waals surface area contributed by atoms with Gasteiger partial charge in [0.25, 0.3) is 0 Å². The van der Waals surface area contributed by atoms with Crippen LogP contribution in [-0.2, 0) is 6.42 Å². The van der Waals surface area contributed by atoms with Crippen LogP contribution in [0.4, 0.5) is 0 Å². The van der Waals surface area contributed by atoms with Crippen molar-refractivity contribution in [1.29, 1.82) is 5.26 Å². The first kappa shape index (κ1) is 13.4. The molecule has 20 heavy (non-hydrogen) atoms. The number of carbonyl (C=O) groups excluding carboxylic acids is 1. The van der Waals surface area contributed by atoms with E-state index in [-0.39, 0.29) is 15.8 Å². The lowest BCUT2D eigenvalue weighted by Gasteiger charge is -2.08. The highest BCUT2D eigenvalue weighted by molar-refractivity contribution is 7.12. The minimum atomic E-state index is -0.578. The first-order valence-electron chi connectivity index (χ1n) is 5.77. The molecule has 0 aliphatic carbocycles. The van der Waals surface area contributed by atoms with E-state index in [1.807, 2.05) is 11.4 Å². The standard InChI is InChI=1S/C14H7Cl2NO2S/c15-11-9(13(18)10-2-1-3-20-10)5-7-4-8(6-17)19-14(7)12(11)16/h1-3,5,8H,4H2. The van der Waals surface area contributed by atoms with Crippen molar-refractivity contribution < 1.29 is 9.53 Å². The molecule has 1 atom stereocenters. The van der Waals surface area contributed by atoms with E-state index < -0.39 is 6.10 Å². The van der Waals surface area contributed by atoms with E-state index in [9.17, 15) is 4.79 Å². The Labute approximate surface area is 129 Å². The van der Waals surface area contributed by atoms with Crippen molar-refractivity contribution in [2.75, 3.05) is 0 Å². The molecule has 0 amide bonds. The van der Waals surface area contributed by atoms with Crippen molar-refractivity contribution >= 4 is 40.3 Å². The highest BCUT2D eigenvalue weighted by atomic mass is 35.5. The number of nitrogens with zero attached hydrogens (tertiary/aromatic N) is 1. The third-order valence-electron chi connectivity index (χ3n) is 3.04. The van der Waals surface area contributed by atoms with Crippen molar-refractivity contribution in [3.63, 3.8) is 0 Å². The van der Waals surface area contributed by atoms with Gasteiger partial charge in [-0.1, -0.05) is 29.3 Å². The van der Waals surface area contributed by atoms with Gasteiger partial charge < -0.3 is 4.74 Å². The van der Waals surface area contributed by atoms with Crippen LogP contribution in [0.1, 0.15) is 20.8 Å². The number of hydrogen-bond donors (Lipinski definition) is 0. The van der Waals surface area contributed by atoms with Crippen molar-refractivity contribution in [3.8, 4) is 11.8 Å². The van der Waals surface area contributed by atoms with Crippen LogP contribution in [0.15, 0.2) is 23.6 Å². The minimum absolute atomic E-state index is 0.169. The summed E-state index contributed by atoms with van der Waals surface area (Å²) in [6.45, 7) is 0. The maximum atomic E-state index is 12.4. The summed E-state index contributed by atoms with van der Waals surface area (Å²) in [4.78, 5) is 13.0. The molecule has 2 aromatic rings. The molecule has 2 heterocycles. The first-order valence-corrected chi connectivity index (χ1v) is 7.40. The smallest absolute Gasteiger partial charge is 0.204 e. The zero-order chi connectivity index (χ0) is 14.3. The number of nitriles is 1. The molecule has 3 rings (SSSR count). The van der Waals surface area contributed by atoms with Crippen molar-refractivity contribution in [2.45, 2.75) is 12.5 Å². The lowest BCUT2D eigenvalue weighted by molar-refractivity contribution is 0.104. The number of hydrogen-bond acceptors (Lipinski definition) is 4. The van der Waals surface area contributed by atoms with E-state index in [0.717, 1.165) is 5.56 Å². The predicted octanol–water partition coefficient (Wildman–Crippen LogP) is 4.11. The maximum absolute atomic E-state index is 12.4. The number of rotatable bonds is 2. The van der Waals surface area contributed by atoms with E-state index in [1.165, 1.54) is 11.3 Å². The number of ether oxygens (including phenoxy) is 1. The third-order valence-corrected chi connectivity index (χ3v) is 4.76. The quantitative estimate of drug-likeness (QED) is 0.781. The summed E-state index contributed by atoms with van der Waals surface area (Å²) < 4.78 is 5.41. The predicted molar refractivity (Wildman–Crippen MR) is 77.9 cm³/mol. The summed E-state index contributed by atoms with van der Waals surface area (Å²) in [6, 6.07) is 7.23. The number of fused-ring (bicyclic) bond motifs is 1. The molecular weight excluding hydrogens is 317 g/mol. The normalized spacial score (nSPS) is 16.4. The van der Waals surface area contributed by atoms with Crippen LogP contribution in [0.3, 0.4) is 0 Å². The number of benzene rings is 1. The summed E-state index contributed by atoms with van der Waals surface area (Å²) in [5, 5.41) is 11.1. The van der Waals surface area contributed by atoms with Gasteiger partial charge in [-0.05, 0) is 17.5 Å². The van der Waals surface area contributed by atoms with Crippen molar-refractivity contribution in [1.82, 2.24) is 0 Å². The zero-order valence-electron chi connectivity index (χ0n) is 10.0. The average molecular weight is 324 g/mol. The lowest BCUT2D eigenvalue weighted by Crippen LogP contribution is -2.08. The van der Waals surface area contributed by atoms with E-state index in [4.69, 9.17) is 33.2 Å². The Hall–Kier alpha value is -1.54. The molecule has 0 spiro atoms. The van der Waals surface area contributed by atoms with Crippen LogP contribution in [0.25, 0.3) is 0 Å². The Morgan fingerprint density at radius 2 is 2.25 bits per heavy atom. The molecule has 0 saturated carbocycles. The summed E-state index contributed by atoms with van der Waals surface area (Å²) in [5.74, 6) is 0.237. The van der Waals surface area contributed by atoms with Gasteiger partial charge in [-0.2, -0.15) is 5.26 Å². The van der Waals surface area contributed by atoms with Gasteiger partial charge in [-0.3, -0.25) is 4.79 Å². The molecule has 0 fully saturated rings. The fourth-order valence-electron chi connectivity index (χ4n) is 2.10. The van der Waals surface area contributed by atoms with E-state index in [2.05, 4.69) is 0 Å². The number of thiophene rings is 1. The Morgan fingerprint density at radius 1 is 1.45 bits per heavy atom. The molecular formula is C14H7Cl2NO2S. The Morgan fingerprint density at radius 3 is 2.90 bits per heavy atom. The summed E-state index contributed by atoms with van der Waals surface area (Å²) in [6.07, 6.45) is -0.168. The fourth-order valence-corrected chi connectivity index (χ4v) is 3.27. The van der Waals surface area contributed by atoms with Gasteiger partial charge in [0.05, 0.1) is 9.90 Å². The Balaban J connectivity index is 2.09. The summed E-state index contributed by atoms with van der Waals surface area (Å²) in [5.41, 5.74) is 1.09. The van der Waals surface area contributed by atoms with E-state index in [1.54, 1.807) is 18.2 Å². The number of ketones is 1. The van der Waals surface area contributed by atoms with Crippen LogP contribution >= 0.6 is 34.5 Å². The Bertz CT molecular complexity index is 735. The molecule has 0 saturated heterocycles. The summed E-state index contributed by atoms with van der Waals surface area (Å²) >= 11 is 13.7. The topological polar surface area (TPSA) is 50.1 Å². The van der Waals surface area contributed by atoms with E-state index >= 15 is 0 Å². The van der Waals surface area contributed by atoms with Crippen LogP contribution in [0, 0.1) is 11.3 Å². The molecule has 1 aliphatic rings. The molecule has 1 unspecified atom stereocenters. The number of halogens is 2. The second-order valence-electron chi connectivity index (χ2n) is 4.29. The highest BCUT2D eigenvalue weighted by Crippen LogP contribution is 2.43. The van der Waals surface area contributed by atoms with Crippen LogP contribution in [0.2, 0.25) is 10.0 Å². The zero-order valence-corrected chi connectivity index (χ0v) is 12.4. The second kappa shape index (κ2) is 5.10. The van der Waals surface area contributed by atoms with E-state index in [0.29, 0.717) is 22.6 Å². The molecule has 1 aromatic carbocycles. The molecule has 0 N–H and O–H groups in total. The monoisotopic (exact) mass is 323 g/mol. The van der Waals surface area contributed by atoms with Crippen LogP contribution in [-0.4, -0.2) is 11.9 Å². The SMILES string of the molecule is N#CC1Cc2cc(C(=O)c3cccs3)c(Cl)c(Cl)c2O1. The largest absolute Gasteiger partial charge is 0.473 e. The third kappa shape index (κ3) is 2.08. The Kier molecular flexibility index (Phi) is 3.43. The molecule has 1 aromatic heterocycles. The summed E-state index contributed by atoms with van der Waals surface area (Å²) in [7, 11) is 0. The van der Waals surface area contributed by atoms with Gasteiger partial charge in [0.2, 0.25) is 5.78 Å². The molecule has 3 nitrogen and oxygen atoms in total. The van der Waals surface area contributed by atoms with Crippen LogP contribution < -0.4 is 4.74 Å². The van der Waals surface area contributed by atoms with Gasteiger partial charge in [0.15, 0.2) is 6.10 Å². The minimum Gasteiger partial charge on any atom is -0.473 e. The average Bonchev–Trinajstić information content (AvgIpc) is 3.10. The number of carbonyl (C=O) groups is 1. The second-order valence-corrected chi connectivity index (χ2v) is 5.99.